The quantitative estimate of drug-likeness (QED) is 0.584. The Morgan fingerprint density at radius 1 is 1.04 bits per heavy atom. The van der Waals surface area contributed by atoms with E-state index in [4.69, 9.17) is 4.74 Å². The van der Waals surface area contributed by atoms with Gasteiger partial charge in [-0.15, -0.1) is 0 Å². The van der Waals surface area contributed by atoms with Crippen molar-refractivity contribution < 1.29 is 31.1 Å². The van der Waals surface area contributed by atoms with E-state index in [1.54, 1.807) is 0 Å². The van der Waals surface area contributed by atoms with Gasteiger partial charge >= 0.3 is 12.4 Å². The van der Waals surface area contributed by atoms with Crippen molar-refractivity contribution in [1.29, 1.82) is 0 Å². The van der Waals surface area contributed by atoms with Crippen LogP contribution in [0.2, 0.25) is 0 Å². The minimum atomic E-state index is -4.77. The summed E-state index contributed by atoms with van der Waals surface area (Å²) in [6.07, 6.45) is -7.66. The summed E-state index contributed by atoms with van der Waals surface area (Å²) in [5.41, 5.74) is -2.32. The molecule has 3 nitrogen and oxygen atoms in total. The van der Waals surface area contributed by atoms with Crippen molar-refractivity contribution in [2.75, 3.05) is 6.54 Å². The van der Waals surface area contributed by atoms with Crippen LogP contribution in [0.3, 0.4) is 0 Å². The van der Waals surface area contributed by atoms with Gasteiger partial charge in [0.1, 0.15) is 18.0 Å². The number of alkyl halides is 6. The lowest BCUT2D eigenvalue weighted by Crippen LogP contribution is -2.39. The highest BCUT2D eigenvalue weighted by Gasteiger charge is 2.44. The Morgan fingerprint density at radius 2 is 1.79 bits per heavy atom. The van der Waals surface area contributed by atoms with E-state index in [9.17, 15) is 26.3 Å². The average molecular weight is 404 g/mol. The van der Waals surface area contributed by atoms with E-state index in [0.29, 0.717) is 6.07 Å². The Labute approximate surface area is 157 Å². The lowest BCUT2D eigenvalue weighted by atomic mass is 9.91. The van der Waals surface area contributed by atoms with Crippen LogP contribution in [0.15, 0.2) is 24.3 Å². The molecule has 9 heteroatoms. The average Bonchev–Trinajstić information content (AvgIpc) is 2.96. The van der Waals surface area contributed by atoms with Crippen molar-refractivity contribution in [3.8, 4) is 0 Å². The first kappa shape index (κ1) is 19.4. The minimum Gasteiger partial charge on any atom is -0.354 e. The van der Waals surface area contributed by atoms with Gasteiger partial charge in [0.05, 0.1) is 11.1 Å². The summed E-state index contributed by atoms with van der Waals surface area (Å²) in [4.78, 5) is 5.59. The van der Waals surface area contributed by atoms with Gasteiger partial charge in [0, 0.05) is 18.0 Å². The number of hydrogen-bond acceptors (Lipinski definition) is 3. The van der Waals surface area contributed by atoms with Crippen molar-refractivity contribution >= 4 is 10.9 Å². The molecule has 0 aliphatic carbocycles. The molecule has 0 bridgehead atoms. The number of piperidine rings is 1. The molecule has 2 fully saturated rings. The maximum atomic E-state index is 13.4. The van der Waals surface area contributed by atoms with Gasteiger partial charge in [0.2, 0.25) is 0 Å². The zero-order valence-electron chi connectivity index (χ0n) is 14.9. The van der Waals surface area contributed by atoms with Crippen molar-refractivity contribution in [3.63, 3.8) is 0 Å². The second kappa shape index (κ2) is 6.59. The molecule has 28 heavy (non-hydrogen) atoms. The topological polar surface area (TPSA) is 25.4 Å². The number of pyridine rings is 1. The van der Waals surface area contributed by atoms with Crippen LogP contribution in [0.25, 0.3) is 10.9 Å². The number of hydrogen-bond donors (Lipinski definition) is 0. The zero-order valence-corrected chi connectivity index (χ0v) is 14.9. The third kappa shape index (κ3) is 3.34. The normalized spacial score (nSPS) is 26.6. The fourth-order valence-corrected chi connectivity index (χ4v) is 4.23. The second-order valence-electron chi connectivity index (χ2n) is 7.28. The number of ether oxygens (including phenoxy) is 1. The number of aromatic nitrogens is 1. The number of rotatable bonds is 1. The third-order valence-corrected chi connectivity index (χ3v) is 5.52. The van der Waals surface area contributed by atoms with Crippen LogP contribution < -0.4 is 0 Å². The van der Waals surface area contributed by atoms with E-state index in [0.717, 1.165) is 37.9 Å². The van der Waals surface area contributed by atoms with E-state index >= 15 is 0 Å². The van der Waals surface area contributed by atoms with Crippen molar-refractivity contribution in [2.45, 2.75) is 56.9 Å². The van der Waals surface area contributed by atoms with Gasteiger partial charge in [-0.1, -0.05) is 12.5 Å². The van der Waals surface area contributed by atoms with Crippen LogP contribution >= 0.6 is 0 Å². The first-order valence-corrected chi connectivity index (χ1v) is 9.06. The number of halogens is 6. The molecule has 0 amide bonds. The summed E-state index contributed by atoms with van der Waals surface area (Å²) < 4.78 is 85.3. The molecular weight excluding hydrogens is 386 g/mol. The standard InChI is InChI=1S/C19H18F6N2O/c1-10-27-7-3-2-4-15(27)17(28-10)13-9-16(19(23,24)25)26-14-8-11(18(20,21)22)5-6-12(13)14/h5-6,8-10,15,17H,2-4,7H2,1H3. The Hall–Kier alpha value is -1.87. The molecule has 0 saturated carbocycles. The summed E-state index contributed by atoms with van der Waals surface area (Å²) in [6, 6.07) is 3.56. The lowest BCUT2D eigenvalue weighted by molar-refractivity contribution is -0.141. The predicted molar refractivity (Wildman–Crippen MR) is 89.4 cm³/mol. The van der Waals surface area contributed by atoms with Crippen LogP contribution in [-0.4, -0.2) is 28.7 Å². The molecule has 3 unspecified atom stereocenters. The van der Waals surface area contributed by atoms with Crippen LogP contribution in [0.1, 0.15) is 49.1 Å². The molecule has 3 heterocycles. The molecule has 0 spiro atoms. The molecule has 2 aliphatic heterocycles. The Bertz CT molecular complexity index is 889. The van der Waals surface area contributed by atoms with Crippen molar-refractivity contribution in [3.05, 3.63) is 41.1 Å². The van der Waals surface area contributed by atoms with Gasteiger partial charge in [0.15, 0.2) is 0 Å². The molecule has 1 aromatic heterocycles. The van der Waals surface area contributed by atoms with Gasteiger partial charge in [0.25, 0.3) is 0 Å². The molecular formula is C19H18F6N2O. The van der Waals surface area contributed by atoms with Crippen LogP contribution in [-0.2, 0) is 17.1 Å². The third-order valence-electron chi connectivity index (χ3n) is 5.52. The van der Waals surface area contributed by atoms with Crippen LogP contribution in [0.5, 0.6) is 0 Å². The Kier molecular flexibility index (Phi) is 4.58. The zero-order chi connectivity index (χ0) is 20.3. The maximum Gasteiger partial charge on any atom is 0.433 e. The molecule has 0 N–H and O–H groups in total. The second-order valence-corrected chi connectivity index (χ2v) is 7.28. The molecule has 1 aromatic carbocycles. The van der Waals surface area contributed by atoms with E-state index in [1.165, 1.54) is 6.07 Å². The van der Waals surface area contributed by atoms with Crippen LogP contribution in [0.4, 0.5) is 26.3 Å². The summed E-state index contributed by atoms with van der Waals surface area (Å²) >= 11 is 0. The monoisotopic (exact) mass is 404 g/mol. The van der Waals surface area contributed by atoms with Crippen molar-refractivity contribution in [1.82, 2.24) is 9.88 Å². The highest BCUT2D eigenvalue weighted by atomic mass is 19.4. The molecule has 2 aromatic rings. The SMILES string of the molecule is CC1OC(c2cc(C(F)(F)F)nc3cc(C(F)(F)F)ccc23)C2CCCCN12. The van der Waals surface area contributed by atoms with Gasteiger partial charge in [-0.05, 0) is 43.5 Å². The first-order chi connectivity index (χ1) is 13.1. The van der Waals surface area contributed by atoms with Gasteiger partial charge in [-0.3, -0.25) is 4.90 Å². The molecule has 2 saturated heterocycles. The van der Waals surface area contributed by atoms with Crippen molar-refractivity contribution in [2.24, 2.45) is 0 Å². The minimum absolute atomic E-state index is 0.0993. The molecule has 2 aliphatic rings. The largest absolute Gasteiger partial charge is 0.433 e. The van der Waals surface area contributed by atoms with E-state index < -0.39 is 29.7 Å². The van der Waals surface area contributed by atoms with Crippen LogP contribution in [0, 0.1) is 0 Å². The Balaban J connectivity index is 1.89. The predicted octanol–water partition coefficient (Wildman–Crippen LogP) is 5.54. The van der Waals surface area contributed by atoms with Gasteiger partial charge in [-0.25, -0.2) is 4.98 Å². The van der Waals surface area contributed by atoms with E-state index in [1.807, 2.05) is 6.92 Å². The number of benzene rings is 1. The fraction of sp³-hybridized carbons (Fsp3) is 0.526. The fourth-order valence-electron chi connectivity index (χ4n) is 4.23. The molecule has 152 valence electrons. The first-order valence-electron chi connectivity index (χ1n) is 9.06. The van der Waals surface area contributed by atoms with Gasteiger partial charge < -0.3 is 4.74 Å². The highest BCUT2D eigenvalue weighted by molar-refractivity contribution is 5.84. The molecule has 3 atom stereocenters. The highest BCUT2D eigenvalue weighted by Crippen LogP contribution is 2.44. The van der Waals surface area contributed by atoms with Gasteiger partial charge in [-0.2, -0.15) is 26.3 Å². The summed E-state index contributed by atoms with van der Waals surface area (Å²) in [7, 11) is 0. The smallest absolute Gasteiger partial charge is 0.354 e. The summed E-state index contributed by atoms with van der Waals surface area (Å²) in [5, 5.41) is 0.255. The van der Waals surface area contributed by atoms with E-state index in [-0.39, 0.29) is 28.7 Å². The number of nitrogens with zero attached hydrogens (tertiary/aromatic N) is 2. The maximum absolute atomic E-state index is 13.4. The summed E-state index contributed by atoms with van der Waals surface area (Å²) in [6.45, 7) is 2.63. The molecule has 4 rings (SSSR count). The molecule has 0 radical (unpaired) electrons. The lowest BCUT2D eigenvalue weighted by Gasteiger charge is -2.32. The summed E-state index contributed by atoms with van der Waals surface area (Å²) in [5.74, 6) is 0. The number of fused-ring (bicyclic) bond motifs is 2. The van der Waals surface area contributed by atoms with E-state index in [2.05, 4.69) is 9.88 Å². The Morgan fingerprint density at radius 3 is 2.46 bits per heavy atom.